The van der Waals surface area contributed by atoms with E-state index in [0.29, 0.717) is 31.4 Å². The molecule has 1 fully saturated rings. The molecule has 1 N–H and O–H groups in total. The molecule has 1 atom stereocenters. The molecular weight excluding hydrogens is 332 g/mol. The van der Waals surface area contributed by atoms with Crippen LogP contribution in [0.25, 0.3) is 0 Å². The predicted octanol–water partition coefficient (Wildman–Crippen LogP) is 3.31. The first-order valence-electron chi connectivity index (χ1n) is 9.39. The standard InChI is InChI=1S/C20H30N2O4/c1-5-25-20(24)22-12-10-17(11-13-22)21-19(23)15(4)26-18-8-6-16(7-9-18)14(2)3/h6-9,14-15,17H,5,10-13H2,1-4H3,(H,21,23). The van der Waals surface area contributed by atoms with E-state index in [9.17, 15) is 9.59 Å². The summed E-state index contributed by atoms with van der Waals surface area (Å²) in [4.78, 5) is 25.8. The third-order valence-electron chi connectivity index (χ3n) is 4.60. The molecule has 0 saturated carbocycles. The number of ether oxygens (including phenoxy) is 2. The lowest BCUT2D eigenvalue weighted by atomic mass is 10.0. The first kappa shape index (κ1) is 20.1. The van der Waals surface area contributed by atoms with E-state index in [1.807, 2.05) is 24.3 Å². The first-order valence-corrected chi connectivity index (χ1v) is 9.39. The van der Waals surface area contributed by atoms with Gasteiger partial charge in [0.05, 0.1) is 6.61 Å². The van der Waals surface area contributed by atoms with Crippen LogP contribution >= 0.6 is 0 Å². The van der Waals surface area contributed by atoms with Crippen molar-refractivity contribution >= 4 is 12.0 Å². The smallest absolute Gasteiger partial charge is 0.409 e. The van der Waals surface area contributed by atoms with Crippen LogP contribution in [0.4, 0.5) is 4.79 Å². The zero-order valence-corrected chi connectivity index (χ0v) is 16.2. The Labute approximate surface area is 155 Å². The molecule has 6 heteroatoms. The van der Waals surface area contributed by atoms with Crippen molar-refractivity contribution in [3.05, 3.63) is 29.8 Å². The zero-order valence-electron chi connectivity index (χ0n) is 16.2. The van der Waals surface area contributed by atoms with Crippen LogP contribution in [0.15, 0.2) is 24.3 Å². The highest BCUT2D eigenvalue weighted by Gasteiger charge is 2.26. The van der Waals surface area contributed by atoms with E-state index < -0.39 is 6.10 Å². The van der Waals surface area contributed by atoms with E-state index in [1.54, 1.807) is 18.7 Å². The van der Waals surface area contributed by atoms with E-state index >= 15 is 0 Å². The minimum atomic E-state index is -0.567. The number of carbonyl (C=O) groups excluding carboxylic acids is 2. The predicted molar refractivity (Wildman–Crippen MR) is 100 cm³/mol. The summed E-state index contributed by atoms with van der Waals surface area (Å²) in [6.07, 6.45) is 0.600. The summed E-state index contributed by atoms with van der Waals surface area (Å²) >= 11 is 0. The van der Waals surface area contributed by atoms with Crippen LogP contribution in [0.1, 0.15) is 52.0 Å². The number of hydrogen-bond donors (Lipinski definition) is 1. The molecule has 1 unspecified atom stereocenters. The normalized spacial score (nSPS) is 16.3. The molecule has 1 aliphatic rings. The van der Waals surface area contributed by atoms with Gasteiger partial charge >= 0.3 is 6.09 Å². The van der Waals surface area contributed by atoms with E-state index in [2.05, 4.69) is 19.2 Å². The lowest BCUT2D eigenvalue weighted by molar-refractivity contribution is -0.128. The van der Waals surface area contributed by atoms with Crippen molar-refractivity contribution in [1.82, 2.24) is 10.2 Å². The van der Waals surface area contributed by atoms with Gasteiger partial charge in [0.25, 0.3) is 5.91 Å². The number of amides is 2. The van der Waals surface area contributed by atoms with Crippen LogP contribution in [0.2, 0.25) is 0 Å². The monoisotopic (exact) mass is 362 g/mol. The van der Waals surface area contributed by atoms with Crippen LogP contribution in [0, 0.1) is 0 Å². The number of benzene rings is 1. The molecule has 1 saturated heterocycles. The van der Waals surface area contributed by atoms with E-state index in [1.165, 1.54) is 5.56 Å². The summed E-state index contributed by atoms with van der Waals surface area (Å²) in [5.41, 5.74) is 1.24. The van der Waals surface area contributed by atoms with Crippen molar-refractivity contribution in [2.24, 2.45) is 0 Å². The maximum Gasteiger partial charge on any atom is 0.409 e. The van der Waals surface area contributed by atoms with E-state index in [0.717, 1.165) is 12.8 Å². The Morgan fingerprint density at radius 2 is 1.77 bits per heavy atom. The third kappa shape index (κ3) is 5.64. The van der Waals surface area contributed by atoms with E-state index in [4.69, 9.17) is 9.47 Å². The van der Waals surface area contributed by atoms with Gasteiger partial charge in [-0.3, -0.25) is 4.79 Å². The molecule has 0 aromatic heterocycles. The van der Waals surface area contributed by atoms with Crippen molar-refractivity contribution in [1.29, 1.82) is 0 Å². The van der Waals surface area contributed by atoms with Crippen molar-refractivity contribution in [2.45, 2.75) is 58.6 Å². The number of hydrogen-bond acceptors (Lipinski definition) is 4. The van der Waals surface area contributed by atoms with Gasteiger partial charge in [0.15, 0.2) is 6.10 Å². The Kier molecular flexibility index (Phi) is 7.30. The highest BCUT2D eigenvalue weighted by molar-refractivity contribution is 5.81. The SMILES string of the molecule is CCOC(=O)N1CCC(NC(=O)C(C)Oc2ccc(C(C)C)cc2)CC1. The molecule has 0 spiro atoms. The highest BCUT2D eigenvalue weighted by Crippen LogP contribution is 2.19. The first-order chi connectivity index (χ1) is 12.4. The van der Waals surface area contributed by atoms with Gasteiger partial charge in [-0.15, -0.1) is 0 Å². The van der Waals surface area contributed by atoms with Crippen molar-refractivity contribution in [3.63, 3.8) is 0 Å². The van der Waals surface area contributed by atoms with Gasteiger partial charge in [-0.05, 0) is 50.3 Å². The molecule has 0 aliphatic carbocycles. The summed E-state index contributed by atoms with van der Waals surface area (Å²) in [6.45, 7) is 9.38. The lowest BCUT2D eigenvalue weighted by Gasteiger charge is -2.32. The van der Waals surface area contributed by atoms with Gasteiger partial charge in [0.1, 0.15) is 5.75 Å². The molecule has 26 heavy (non-hydrogen) atoms. The minimum Gasteiger partial charge on any atom is -0.481 e. The fourth-order valence-corrected chi connectivity index (χ4v) is 2.93. The van der Waals surface area contributed by atoms with Gasteiger partial charge in [-0.1, -0.05) is 26.0 Å². The second-order valence-electron chi connectivity index (χ2n) is 6.95. The third-order valence-corrected chi connectivity index (χ3v) is 4.60. The largest absolute Gasteiger partial charge is 0.481 e. The molecule has 144 valence electrons. The second-order valence-corrected chi connectivity index (χ2v) is 6.95. The molecule has 1 aromatic rings. The summed E-state index contributed by atoms with van der Waals surface area (Å²) in [5, 5.41) is 3.02. The topological polar surface area (TPSA) is 67.9 Å². The Hall–Kier alpha value is -2.24. The molecule has 0 radical (unpaired) electrons. The van der Waals surface area contributed by atoms with Gasteiger partial charge < -0.3 is 19.7 Å². The van der Waals surface area contributed by atoms with Gasteiger partial charge in [-0.2, -0.15) is 0 Å². The second kappa shape index (κ2) is 9.46. The number of nitrogens with one attached hydrogen (secondary N) is 1. The summed E-state index contributed by atoms with van der Waals surface area (Å²) in [7, 11) is 0. The Bertz CT molecular complexity index is 592. The molecule has 1 aliphatic heterocycles. The highest BCUT2D eigenvalue weighted by atomic mass is 16.6. The van der Waals surface area contributed by atoms with Crippen molar-refractivity contribution in [2.75, 3.05) is 19.7 Å². The van der Waals surface area contributed by atoms with Gasteiger partial charge in [0.2, 0.25) is 0 Å². The number of carbonyl (C=O) groups is 2. The fraction of sp³-hybridized carbons (Fsp3) is 0.600. The van der Waals surface area contributed by atoms with Crippen LogP contribution in [-0.4, -0.2) is 48.7 Å². The maximum absolute atomic E-state index is 12.4. The maximum atomic E-state index is 12.4. The molecule has 1 aromatic carbocycles. The summed E-state index contributed by atoms with van der Waals surface area (Å²) < 4.78 is 10.8. The van der Waals surface area contributed by atoms with Crippen LogP contribution < -0.4 is 10.1 Å². The zero-order chi connectivity index (χ0) is 19.1. The summed E-state index contributed by atoms with van der Waals surface area (Å²) in [5.74, 6) is 1.02. The molecular formula is C20H30N2O4. The van der Waals surface area contributed by atoms with E-state index in [-0.39, 0.29) is 18.0 Å². The number of likely N-dealkylation sites (tertiary alicyclic amines) is 1. The number of rotatable bonds is 6. The Morgan fingerprint density at radius 1 is 1.15 bits per heavy atom. The molecule has 1 heterocycles. The fourth-order valence-electron chi connectivity index (χ4n) is 2.93. The average Bonchev–Trinajstić information content (AvgIpc) is 2.63. The molecule has 2 rings (SSSR count). The van der Waals surface area contributed by atoms with Gasteiger partial charge in [0, 0.05) is 19.1 Å². The average molecular weight is 362 g/mol. The van der Waals surface area contributed by atoms with Crippen molar-refractivity contribution < 1.29 is 19.1 Å². The Morgan fingerprint density at radius 3 is 2.31 bits per heavy atom. The molecule has 2 amide bonds. The van der Waals surface area contributed by atoms with Crippen LogP contribution in [0.3, 0.4) is 0 Å². The molecule has 0 bridgehead atoms. The van der Waals surface area contributed by atoms with Gasteiger partial charge in [-0.25, -0.2) is 4.79 Å². The minimum absolute atomic E-state index is 0.0579. The quantitative estimate of drug-likeness (QED) is 0.843. The Balaban J connectivity index is 1.78. The lowest BCUT2D eigenvalue weighted by Crippen LogP contribution is -2.49. The summed E-state index contributed by atoms with van der Waals surface area (Å²) in [6, 6.07) is 7.90. The van der Waals surface area contributed by atoms with Crippen molar-refractivity contribution in [3.8, 4) is 5.75 Å². The number of nitrogens with zero attached hydrogens (tertiary/aromatic N) is 1. The molecule has 6 nitrogen and oxygen atoms in total. The van der Waals surface area contributed by atoms with Crippen LogP contribution in [-0.2, 0) is 9.53 Å². The van der Waals surface area contributed by atoms with Crippen LogP contribution in [0.5, 0.6) is 5.75 Å². The number of piperidine rings is 1.